The summed E-state index contributed by atoms with van der Waals surface area (Å²) < 4.78 is 20.9. The zero-order chi connectivity index (χ0) is 20.6. The molecule has 0 radical (unpaired) electrons. The van der Waals surface area contributed by atoms with Gasteiger partial charge in [0.2, 0.25) is 5.91 Å². The standard InChI is InChI=1S/C21H23FN4O2S/c1-3-16-8-4-6-10-18(16)26-15-23-24-21(26)29-14-20(27)25(2)12-13-28-19-11-7-5-9-17(19)22/h4-11,15H,3,12-14H2,1-2H3. The van der Waals surface area contributed by atoms with Gasteiger partial charge in [-0.15, -0.1) is 10.2 Å². The average Bonchev–Trinajstić information content (AvgIpc) is 3.21. The second kappa shape index (κ2) is 10.1. The molecule has 1 amide bonds. The number of benzene rings is 2. The monoisotopic (exact) mass is 414 g/mol. The summed E-state index contributed by atoms with van der Waals surface area (Å²) in [5, 5.41) is 8.81. The van der Waals surface area contributed by atoms with Crippen molar-refractivity contribution in [3.63, 3.8) is 0 Å². The van der Waals surface area contributed by atoms with Crippen LogP contribution < -0.4 is 4.74 Å². The first-order valence-corrected chi connectivity index (χ1v) is 10.3. The van der Waals surface area contributed by atoms with Crippen LogP contribution in [-0.2, 0) is 11.2 Å². The molecule has 3 aromatic rings. The van der Waals surface area contributed by atoms with Gasteiger partial charge in [0.15, 0.2) is 16.7 Å². The summed E-state index contributed by atoms with van der Waals surface area (Å²) in [6.45, 7) is 2.67. The Morgan fingerprint density at radius 3 is 2.76 bits per heavy atom. The number of likely N-dealkylation sites (N-methyl/N-ethyl adjacent to an activating group) is 1. The predicted molar refractivity (Wildman–Crippen MR) is 111 cm³/mol. The Morgan fingerprint density at radius 1 is 1.21 bits per heavy atom. The van der Waals surface area contributed by atoms with Crippen LogP contribution in [0.3, 0.4) is 0 Å². The highest BCUT2D eigenvalue weighted by Crippen LogP contribution is 2.22. The number of carbonyl (C=O) groups excluding carboxylic acids is 1. The number of ether oxygens (including phenoxy) is 1. The average molecular weight is 415 g/mol. The number of aryl methyl sites for hydroxylation is 1. The first-order valence-electron chi connectivity index (χ1n) is 9.32. The number of amides is 1. The number of rotatable bonds is 9. The molecule has 6 nitrogen and oxygen atoms in total. The second-order valence-corrected chi connectivity index (χ2v) is 7.29. The fraction of sp³-hybridized carbons (Fsp3) is 0.286. The van der Waals surface area contributed by atoms with E-state index in [1.807, 2.05) is 22.8 Å². The van der Waals surface area contributed by atoms with E-state index >= 15 is 0 Å². The maximum Gasteiger partial charge on any atom is 0.232 e. The molecule has 0 unspecified atom stereocenters. The lowest BCUT2D eigenvalue weighted by Gasteiger charge is -2.17. The molecule has 0 N–H and O–H groups in total. The molecule has 2 aromatic carbocycles. The highest BCUT2D eigenvalue weighted by Gasteiger charge is 2.14. The molecule has 152 valence electrons. The summed E-state index contributed by atoms with van der Waals surface area (Å²) in [6.07, 6.45) is 2.55. The van der Waals surface area contributed by atoms with Gasteiger partial charge in [0.05, 0.1) is 18.0 Å². The van der Waals surface area contributed by atoms with Crippen molar-refractivity contribution < 1.29 is 13.9 Å². The Morgan fingerprint density at radius 2 is 1.97 bits per heavy atom. The summed E-state index contributed by atoms with van der Waals surface area (Å²) in [7, 11) is 1.70. The number of para-hydroxylation sites is 2. The van der Waals surface area contributed by atoms with Gasteiger partial charge in [-0.1, -0.05) is 49.0 Å². The van der Waals surface area contributed by atoms with E-state index in [2.05, 4.69) is 23.2 Å². The van der Waals surface area contributed by atoms with Crippen LogP contribution in [0.4, 0.5) is 4.39 Å². The maximum atomic E-state index is 13.6. The van der Waals surface area contributed by atoms with Gasteiger partial charge in [-0.25, -0.2) is 4.39 Å². The molecule has 0 bridgehead atoms. The van der Waals surface area contributed by atoms with Crippen molar-refractivity contribution >= 4 is 17.7 Å². The first-order chi connectivity index (χ1) is 14.1. The molecular formula is C21H23FN4O2S. The largest absolute Gasteiger partial charge is 0.489 e. The molecule has 0 saturated carbocycles. The molecule has 1 heterocycles. The molecule has 0 spiro atoms. The second-order valence-electron chi connectivity index (χ2n) is 6.35. The third-order valence-electron chi connectivity index (χ3n) is 4.42. The topological polar surface area (TPSA) is 60.2 Å². The number of thioether (sulfide) groups is 1. The van der Waals surface area contributed by atoms with Gasteiger partial charge in [-0.3, -0.25) is 9.36 Å². The minimum atomic E-state index is -0.413. The molecule has 0 aliphatic heterocycles. The van der Waals surface area contributed by atoms with E-state index in [4.69, 9.17) is 4.74 Å². The van der Waals surface area contributed by atoms with E-state index in [1.54, 1.807) is 36.5 Å². The third kappa shape index (κ3) is 5.35. The van der Waals surface area contributed by atoms with Crippen LogP contribution in [0.15, 0.2) is 60.0 Å². The van der Waals surface area contributed by atoms with Gasteiger partial charge in [0, 0.05) is 7.05 Å². The predicted octanol–water partition coefficient (Wildman–Crippen LogP) is 3.60. The van der Waals surface area contributed by atoms with E-state index in [9.17, 15) is 9.18 Å². The fourth-order valence-corrected chi connectivity index (χ4v) is 3.61. The van der Waals surface area contributed by atoms with Gasteiger partial charge in [-0.05, 0) is 30.2 Å². The lowest BCUT2D eigenvalue weighted by Crippen LogP contribution is -2.32. The highest BCUT2D eigenvalue weighted by atomic mass is 32.2. The molecule has 0 aliphatic rings. The Kier molecular flexibility index (Phi) is 7.24. The molecular weight excluding hydrogens is 391 g/mol. The smallest absolute Gasteiger partial charge is 0.232 e. The molecule has 3 rings (SSSR count). The van der Waals surface area contributed by atoms with E-state index < -0.39 is 5.82 Å². The molecule has 29 heavy (non-hydrogen) atoms. The van der Waals surface area contributed by atoms with Gasteiger partial charge < -0.3 is 9.64 Å². The van der Waals surface area contributed by atoms with Gasteiger partial charge in [0.1, 0.15) is 12.9 Å². The van der Waals surface area contributed by atoms with Crippen molar-refractivity contribution in [2.45, 2.75) is 18.5 Å². The van der Waals surface area contributed by atoms with Crippen LogP contribution in [0, 0.1) is 5.82 Å². The number of hydrogen-bond donors (Lipinski definition) is 0. The summed E-state index contributed by atoms with van der Waals surface area (Å²) in [5.74, 6) is -0.0666. The summed E-state index contributed by atoms with van der Waals surface area (Å²) in [4.78, 5) is 14.0. The number of halogens is 1. The Balaban J connectivity index is 1.53. The molecule has 0 fully saturated rings. The van der Waals surface area contributed by atoms with E-state index in [0.717, 1.165) is 12.1 Å². The molecule has 0 atom stereocenters. The number of carbonyl (C=O) groups is 1. The van der Waals surface area contributed by atoms with Crippen molar-refractivity contribution in [2.75, 3.05) is 26.0 Å². The normalized spacial score (nSPS) is 10.7. The minimum absolute atomic E-state index is 0.0644. The van der Waals surface area contributed by atoms with E-state index in [-0.39, 0.29) is 24.0 Å². The third-order valence-corrected chi connectivity index (χ3v) is 5.35. The quantitative estimate of drug-likeness (QED) is 0.501. The van der Waals surface area contributed by atoms with Crippen molar-refractivity contribution in [1.29, 1.82) is 0 Å². The van der Waals surface area contributed by atoms with Gasteiger partial charge in [-0.2, -0.15) is 0 Å². The van der Waals surface area contributed by atoms with Crippen LogP contribution in [0.5, 0.6) is 5.75 Å². The van der Waals surface area contributed by atoms with Crippen molar-refractivity contribution in [3.8, 4) is 11.4 Å². The van der Waals surface area contributed by atoms with Crippen LogP contribution in [0.1, 0.15) is 12.5 Å². The molecule has 1 aromatic heterocycles. The fourth-order valence-electron chi connectivity index (χ4n) is 2.75. The maximum absolute atomic E-state index is 13.6. The Labute approximate surface area is 173 Å². The van der Waals surface area contributed by atoms with Crippen LogP contribution in [-0.4, -0.2) is 51.5 Å². The lowest BCUT2D eigenvalue weighted by molar-refractivity contribution is -0.127. The Hall–Kier alpha value is -2.87. The molecule has 0 aliphatic carbocycles. The zero-order valence-electron chi connectivity index (χ0n) is 16.4. The lowest BCUT2D eigenvalue weighted by atomic mass is 10.1. The number of aromatic nitrogens is 3. The zero-order valence-corrected chi connectivity index (χ0v) is 17.2. The van der Waals surface area contributed by atoms with Crippen molar-refractivity contribution in [3.05, 3.63) is 66.2 Å². The van der Waals surface area contributed by atoms with E-state index in [0.29, 0.717) is 11.7 Å². The van der Waals surface area contributed by atoms with Crippen LogP contribution in [0.2, 0.25) is 0 Å². The molecule has 8 heteroatoms. The van der Waals surface area contributed by atoms with Crippen LogP contribution >= 0.6 is 11.8 Å². The molecule has 0 saturated heterocycles. The van der Waals surface area contributed by atoms with Gasteiger partial charge in [0.25, 0.3) is 0 Å². The van der Waals surface area contributed by atoms with Crippen LogP contribution in [0.25, 0.3) is 5.69 Å². The number of hydrogen-bond acceptors (Lipinski definition) is 5. The van der Waals surface area contributed by atoms with E-state index in [1.165, 1.54) is 23.4 Å². The van der Waals surface area contributed by atoms with Crippen molar-refractivity contribution in [2.24, 2.45) is 0 Å². The summed E-state index contributed by atoms with van der Waals surface area (Å²) >= 11 is 1.33. The first kappa shape index (κ1) is 20.9. The Bertz CT molecular complexity index is 963. The SMILES string of the molecule is CCc1ccccc1-n1cnnc1SCC(=O)N(C)CCOc1ccccc1F. The summed E-state index contributed by atoms with van der Waals surface area (Å²) in [5.41, 5.74) is 2.20. The number of nitrogens with zero attached hydrogens (tertiary/aromatic N) is 4. The van der Waals surface area contributed by atoms with Crippen molar-refractivity contribution in [1.82, 2.24) is 19.7 Å². The minimum Gasteiger partial charge on any atom is -0.489 e. The summed E-state index contributed by atoms with van der Waals surface area (Å²) in [6, 6.07) is 14.3. The highest BCUT2D eigenvalue weighted by molar-refractivity contribution is 7.99. The van der Waals surface area contributed by atoms with Gasteiger partial charge >= 0.3 is 0 Å².